The van der Waals surface area contributed by atoms with Crippen molar-refractivity contribution in [2.75, 3.05) is 31.1 Å². The van der Waals surface area contributed by atoms with Gasteiger partial charge in [-0.15, -0.1) is 11.3 Å². The summed E-state index contributed by atoms with van der Waals surface area (Å²) in [5, 5.41) is 0. The molecule has 1 atom stereocenters. The van der Waals surface area contributed by atoms with Gasteiger partial charge in [0.2, 0.25) is 5.91 Å². The summed E-state index contributed by atoms with van der Waals surface area (Å²) in [7, 11) is -6.57. The first-order valence-electron chi connectivity index (χ1n) is 10.3. The van der Waals surface area contributed by atoms with E-state index in [2.05, 4.69) is 0 Å². The number of amides is 1. The Kier molecular flexibility index (Phi) is 7.40. The number of unbranched alkanes of at least 4 members (excludes halogenated alkanes) is 1. The van der Waals surface area contributed by atoms with Gasteiger partial charge in [0.05, 0.1) is 17.9 Å². The molecular formula is C19H30N2O5S3. The maximum atomic E-state index is 13.0. The number of carbonyl (C=O) groups excluding carboxylic acids is 1. The minimum Gasteiger partial charge on any atom is -0.338 e. The highest BCUT2D eigenvalue weighted by Gasteiger charge is 2.34. The highest BCUT2D eigenvalue weighted by molar-refractivity contribution is 7.91. The number of piperidine rings is 1. The lowest BCUT2D eigenvalue weighted by Gasteiger charge is -2.28. The Morgan fingerprint density at radius 1 is 1.24 bits per heavy atom. The summed E-state index contributed by atoms with van der Waals surface area (Å²) >= 11 is 1.15. The van der Waals surface area contributed by atoms with E-state index in [-0.39, 0.29) is 34.1 Å². The maximum Gasteiger partial charge on any atom is 0.252 e. The minimum atomic E-state index is -3.49. The summed E-state index contributed by atoms with van der Waals surface area (Å²) in [6.07, 6.45) is 5.15. The summed E-state index contributed by atoms with van der Waals surface area (Å²) in [5.41, 5.74) is 0. The van der Waals surface area contributed by atoms with Crippen LogP contribution in [0.1, 0.15) is 50.3 Å². The first kappa shape index (κ1) is 22.7. The van der Waals surface area contributed by atoms with Crippen molar-refractivity contribution < 1.29 is 21.6 Å². The van der Waals surface area contributed by atoms with Crippen LogP contribution in [0.2, 0.25) is 0 Å². The third kappa shape index (κ3) is 5.59. The van der Waals surface area contributed by atoms with E-state index in [0.717, 1.165) is 43.4 Å². The number of sulfonamides is 1. The average molecular weight is 463 g/mol. The predicted molar refractivity (Wildman–Crippen MR) is 114 cm³/mol. The number of thiophene rings is 1. The van der Waals surface area contributed by atoms with Gasteiger partial charge in [0, 0.05) is 30.6 Å². The SMILES string of the molecule is CCCCN(C(=O)Cc1ccc(S(=O)(=O)N2CCCCC2)s1)C1CCS(=O)(=O)C1. The topological polar surface area (TPSA) is 91.8 Å². The molecule has 3 heterocycles. The van der Waals surface area contributed by atoms with Crippen molar-refractivity contribution in [2.45, 2.75) is 62.1 Å². The molecule has 0 N–H and O–H groups in total. The molecule has 1 aromatic heterocycles. The van der Waals surface area contributed by atoms with E-state index in [1.54, 1.807) is 17.0 Å². The normalized spacial score (nSPS) is 22.6. The molecule has 0 aliphatic carbocycles. The van der Waals surface area contributed by atoms with Crippen molar-refractivity contribution in [2.24, 2.45) is 0 Å². The Hall–Kier alpha value is -0.970. The first-order valence-corrected chi connectivity index (χ1v) is 14.4. The van der Waals surface area contributed by atoms with Crippen LogP contribution in [-0.2, 0) is 31.1 Å². The second kappa shape index (κ2) is 9.45. The Morgan fingerprint density at radius 3 is 2.59 bits per heavy atom. The Labute approximate surface area is 178 Å². The van der Waals surface area contributed by atoms with Gasteiger partial charge in [0.1, 0.15) is 4.21 Å². The number of sulfone groups is 1. The van der Waals surface area contributed by atoms with Crippen LogP contribution < -0.4 is 0 Å². The molecular weight excluding hydrogens is 432 g/mol. The van der Waals surface area contributed by atoms with Crippen LogP contribution in [0.4, 0.5) is 0 Å². The van der Waals surface area contributed by atoms with E-state index < -0.39 is 19.9 Å². The zero-order valence-corrected chi connectivity index (χ0v) is 19.3. The Morgan fingerprint density at radius 2 is 1.97 bits per heavy atom. The molecule has 2 aliphatic rings. The molecule has 0 spiro atoms. The molecule has 7 nitrogen and oxygen atoms in total. The highest BCUT2D eigenvalue weighted by Crippen LogP contribution is 2.28. The third-order valence-corrected chi connectivity index (χ3v) is 10.8. The zero-order valence-electron chi connectivity index (χ0n) is 16.9. The second-order valence-corrected chi connectivity index (χ2v) is 13.4. The quantitative estimate of drug-likeness (QED) is 0.591. The van der Waals surface area contributed by atoms with Crippen molar-refractivity contribution >= 4 is 37.1 Å². The molecule has 1 amide bonds. The lowest BCUT2D eigenvalue weighted by Crippen LogP contribution is -2.42. The van der Waals surface area contributed by atoms with Crippen LogP contribution >= 0.6 is 11.3 Å². The van der Waals surface area contributed by atoms with Crippen molar-refractivity contribution in [3.63, 3.8) is 0 Å². The molecule has 0 radical (unpaired) electrons. The molecule has 10 heteroatoms. The van der Waals surface area contributed by atoms with Gasteiger partial charge in [0.25, 0.3) is 10.0 Å². The number of rotatable bonds is 8. The van der Waals surface area contributed by atoms with E-state index in [4.69, 9.17) is 0 Å². The average Bonchev–Trinajstić information content (AvgIpc) is 3.29. The van der Waals surface area contributed by atoms with Gasteiger partial charge in [0.15, 0.2) is 9.84 Å². The fraction of sp³-hybridized carbons (Fsp3) is 0.737. The molecule has 1 unspecified atom stereocenters. The molecule has 2 fully saturated rings. The summed E-state index contributed by atoms with van der Waals surface area (Å²) in [6, 6.07) is 3.03. The van der Waals surface area contributed by atoms with Gasteiger partial charge in [-0.3, -0.25) is 4.79 Å². The lowest BCUT2D eigenvalue weighted by atomic mass is 10.1. The van der Waals surface area contributed by atoms with Gasteiger partial charge in [-0.2, -0.15) is 4.31 Å². The molecule has 2 aliphatic heterocycles. The summed E-state index contributed by atoms with van der Waals surface area (Å²) in [4.78, 5) is 15.4. The van der Waals surface area contributed by atoms with Gasteiger partial charge in [-0.25, -0.2) is 16.8 Å². The van der Waals surface area contributed by atoms with Gasteiger partial charge >= 0.3 is 0 Å². The van der Waals surface area contributed by atoms with Crippen LogP contribution in [0.3, 0.4) is 0 Å². The van der Waals surface area contributed by atoms with Crippen molar-refractivity contribution in [3.8, 4) is 0 Å². The van der Waals surface area contributed by atoms with E-state index in [1.807, 2.05) is 6.92 Å². The van der Waals surface area contributed by atoms with Crippen LogP contribution in [0.25, 0.3) is 0 Å². The van der Waals surface area contributed by atoms with E-state index >= 15 is 0 Å². The van der Waals surface area contributed by atoms with Gasteiger partial charge in [-0.05, 0) is 37.8 Å². The smallest absolute Gasteiger partial charge is 0.252 e. The zero-order chi connectivity index (χ0) is 21.1. The minimum absolute atomic E-state index is 0.0293. The number of hydrogen-bond donors (Lipinski definition) is 0. The molecule has 2 saturated heterocycles. The standard InChI is InChI=1S/C19H30N2O5S3/c1-2-3-12-21(16-9-13-28(23,24)15-16)18(22)14-17-7-8-19(27-17)29(25,26)20-10-5-4-6-11-20/h7-8,16H,2-6,9-15H2,1H3. The summed E-state index contributed by atoms with van der Waals surface area (Å²) in [5.74, 6) is 0.0380. The lowest BCUT2D eigenvalue weighted by molar-refractivity contribution is -0.132. The van der Waals surface area contributed by atoms with Crippen molar-refractivity contribution in [1.82, 2.24) is 9.21 Å². The molecule has 164 valence electrons. The molecule has 29 heavy (non-hydrogen) atoms. The third-order valence-electron chi connectivity index (χ3n) is 5.59. The van der Waals surface area contributed by atoms with Gasteiger partial charge in [-0.1, -0.05) is 19.8 Å². The van der Waals surface area contributed by atoms with Crippen molar-refractivity contribution in [3.05, 3.63) is 17.0 Å². The second-order valence-electron chi connectivity index (χ2n) is 7.86. The summed E-state index contributed by atoms with van der Waals surface area (Å²) < 4.78 is 51.2. The van der Waals surface area contributed by atoms with E-state index in [9.17, 15) is 21.6 Å². The van der Waals surface area contributed by atoms with Crippen LogP contribution in [-0.4, -0.2) is 69.1 Å². The fourth-order valence-corrected chi connectivity index (χ4v) is 8.68. The maximum absolute atomic E-state index is 13.0. The van der Waals surface area contributed by atoms with E-state index in [0.29, 0.717) is 30.9 Å². The van der Waals surface area contributed by atoms with Crippen LogP contribution in [0, 0.1) is 0 Å². The number of hydrogen-bond acceptors (Lipinski definition) is 6. The van der Waals surface area contributed by atoms with Gasteiger partial charge < -0.3 is 4.90 Å². The summed E-state index contributed by atoms with van der Waals surface area (Å²) in [6.45, 7) is 3.68. The number of carbonyl (C=O) groups is 1. The predicted octanol–water partition coefficient (Wildman–Crippen LogP) is 2.28. The molecule has 0 saturated carbocycles. The van der Waals surface area contributed by atoms with E-state index in [1.165, 1.54) is 4.31 Å². The number of nitrogens with zero attached hydrogens (tertiary/aromatic N) is 2. The largest absolute Gasteiger partial charge is 0.338 e. The Bertz CT molecular complexity index is 917. The molecule has 0 aromatic carbocycles. The first-order chi connectivity index (χ1) is 13.7. The fourth-order valence-electron chi connectivity index (χ4n) is 3.94. The van der Waals surface area contributed by atoms with Crippen LogP contribution in [0.5, 0.6) is 0 Å². The van der Waals surface area contributed by atoms with Crippen LogP contribution in [0.15, 0.2) is 16.3 Å². The Balaban J connectivity index is 1.70. The molecule has 1 aromatic rings. The monoisotopic (exact) mass is 462 g/mol. The van der Waals surface area contributed by atoms with Crippen molar-refractivity contribution in [1.29, 1.82) is 0 Å². The highest BCUT2D eigenvalue weighted by atomic mass is 32.2. The molecule has 3 rings (SSSR count). The molecule has 0 bridgehead atoms.